The van der Waals surface area contributed by atoms with Crippen molar-refractivity contribution < 1.29 is 32.2 Å². The number of alkyl halides is 3. The third-order valence-corrected chi connectivity index (χ3v) is 1.62. The van der Waals surface area contributed by atoms with Crippen LogP contribution in [-0.4, -0.2) is 18.2 Å². The number of hydrogen-bond donors (Lipinski definition) is 1. The van der Waals surface area contributed by atoms with Crippen LogP contribution in [0.4, 0.5) is 13.2 Å². The molecule has 0 aliphatic heterocycles. The molecule has 0 aromatic carbocycles. The number of rotatable bonds is 2. The van der Waals surface area contributed by atoms with Gasteiger partial charge in [-0.05, 0) is 6.07 Å². The molecule has 1 rings (SSSR count). The molecule has 1 N–H and O–H groups in total. The molecular formula is C8H7F3O4. The predicted octanol–water partition coefficient (Wildman–Crippen LogP) is 1.58. The topological polar surface area (TPSA) is 59.7 Å². The fraction of sp³-hybridized carbons (Fsp3) is 0.375. The van der Waals surface area contributed by atoms with E-state index in [0.717, 1.165) is 13.2 Å². The number of esters is 1. The smallest absolute Gasteiger partial charge is 0.449 e. The molecule has 0 amide bonds. The third kappa shape index (κ3) is 2.30. The van der Waals surface area contributed by atoms with Gasteiger partial charge in [-0.1, -0.05) is 0 Å². The van der Waals surface area contributed by atoms with E-state index in [1.54, 1.807) is 0 Å². The Morgan fingerprint density at radius 1 is 1.60 bits per heavy atom. The molecule has 84 valence electrons. The summed E-state index contributed by atoms with van der Waals surface area (Å²) in [6.07, 6.45) is -4.75. The average molecular weight is 224 g/mol. The lowest BCUT2D eigenvalue weighted by atomic mass is 10.2. The highest BCUT2D eigenvalue weighted by Crippen LogP contribution is 2.34. The Balaban J connectivity index is 3.17. The van der Waals surface area contributed by atoms with Gasteiger partial charge in [0.1, 0.15) is 0 Å². The SMILES string of the molecule is COC(=O)c1cc(CO)c(C(F)(F)F)o1. The Hall–Kier alpha value is -1.50. The van der Waals surface area contributed by atoms with Gasteiger partial charge in [0.05, 0.1) is 13.7 Å². The van der Waals surface area contributed by atoms with Crippen molar-refractivity contribution in [1.82, 2.24) is 0 Å². The lowest BCUT2D eigenvalue weighted by Crippen LogP contribution is -2.06. The maximum atomic E-state index is 12.3. The second-order valence-corrected chi connectivity index (χ2v) is 2.61. The molecular weight excluding hydrogens is 217 g/mol. The molecule has 4 nitrogen and oxygen atoms in total. The number of halogens is 3. The Kier molecular flexibility index (Phi) is 3.04. The zero-order valence-electron chi connectivity index (χ0n) is 7.59. The normalized spacial score (nSPS) is 11.5. The van der Waals surface area contributed by atoms with E-state index < -0.39 is 35.8 Å². The lowest BCUT2D eigenvalue weighted by molar-refractivity contribution is -0.154. The minimum absolute atomic E-state index is 0.497. The molecule has 0 saturated heterocycles. The van der Waals surface area contributed by atoms with Gasteiger partial charge in [0.25, 0.3) is 0 Å². The summed E-state index contributed by atoms with van der Waals surface area (Å²) in [6, 6.07) is 0.800. The molecule has 1 aromatic rings. The van der Waals surface area contributed by atoms with Crippen LogP contribution in [0.2, 0.25) is 0 Å². The first-order valence-electron chi connectivity index (χ1n) is 3.79. The molecule has 0 saturated carbocycles. The third-order valence-electron chi connectivity index (χ3n) is 1.62. The standard InChI is InChI=1S/C8H7F3O4/c1-14-7(13)5-2-4(3-12)6(15-5)8(9,10)11/h2,12H,3H2,1H3. The van der Waals surface area contributed by atoms with Crippen molar-refractivity contribution in [2.45, 2.75) is 12.8 Å². The van der Waals surface area contributed by atoms with E-state index in [9.17, 15) is 18.0 Å². The van der Waals surface area contributed by atoms with Crippen molar-refractivity contribution in [1.29, 1.82) is 0 Å². The summed E-state index contributed by atoms with van der Waals surface area (Å²) in [5.74, 6) is -3.00. The molecule has 0 fully saturated rings. The van der Waals surface area contributed by atoms with E-state index >= 15 is 0 Å². The quantitative estimate of drug-likeness (QED) is 0.774. The molecule has 0 radical (unpaired) electrons. The van der Waals surface area contributed by atoms with Crippen molar-refractivity contribution >= 4 is 5.97 Å². The van der Waals surface area contributed by atoms with Crippen LogP contribution in [0.25, 0.3) is 0 Å². The molecule has 0 spiro atoms. The van der Waals surface area contributed by atoms with E-state index in [0.29, 0.717) is 0 Å². The largest absolute Gasteiger partial charge is 0.463 e. The molecule has 0 unspecified atom stereocenters. The summed E-state index contributed by atoms with van der Waals surface area (Å²) in [7, 11) is 1.01. The zero-order chi connectivity index (χ0) is 11.6. The van der Waals surface area contributed by atoms with Gasteiger partial charge in [-0.3, -0.25) is 0 Å². The van der Waals surface area contributed by atoms with Crippen molar-refractivity contribution in [3.63, 3.8) is 0 Å². The minimum atomic E-state index is -4.75. The van der Waals surface area contributed by atoms with E-state index in [2.05, 4.69) is 9.15 Å². The monoisotopic (exact) mass is 224 g/mol. The lowest BCUT2D eigenvalue weighted by Gasteiger charge is -2.03. The maximum absolute atomic E-state index is 12.3. The van der Waals surface area contributed by atoms with Crippen LogP contribution >= 0.6 is 0 Å². The van der Waals surface area contributed by atoms with Crippen molar-refractivity contribution in [3.8, 4) is 0 Å². The van der Waals surface area contributed by atoms with Gasteiger partial charge < -0.3 is 14.3 Å². The first-order valence-corrected chi connectivity index (χ1v) is 3.79. The second-order valence-electron chi connectivity index (χ2n) is 2.61. The number of aliphatic hydroxyl groups excluding tert-OH is 1. The van der Waals surface area contributed by atoms with Crippen LogP contribution in [0.1, 0.15) is 21.9 Å². The van der Waals surface area contributed by atoms with Crippen LogP contribution in [-0.2, 0) is 17.5 Å². The first-order chi connectivity index (χ1) is 6.90. The molecule has 15 heavy (non-hydrogen) atoms. The highest BCUT2D eigenvalue weighted by molar-refractivity contribution is 5.86. The minimum Gasteiger partial charge on any atom is -0.463 e. The summed E-state index contributed by atoms with van der Waals surface area (Å²) >= 11 is 0. The van der Waals surface area contributed by atoms with Gasteiger partial charge >= 0.3 is 12.1 Å². The van der Waals surface area contributed by atoms with Crippen molar-refractivity contribution in [3.05, 3.63) is 23.2 Å². The number of carbonyl (C=O) groups is 1. The molecule has 0 aliphatic carbocycles. The first kappa shape index (κ1) is 11.6. The number of aliphatic hydroxyl groups is 1. The van der Waals surface area contributed by atoms with Crippen LogP contribution in [0, 0.1) is 0 Å². The van der Waals surface area contributed by atoms with Crippen LogP contribution in [0.15, 0.2) is 10.5 Å². The Morgan fingerprint density at radius 2 is 2.20 bits per heavy atom. The predicted molar refractivity (Wildman–Crippen MR) is 41.0 cm³/mol. The second kappa shape index (κ2) is 3.93. The average Bonchev–Trinajstić information content (AvgIpc) is 2.59. The van der Waals surface area contributed by atoms with Gasteiger partial charge in [0.2, 0.25) is 11.5 Å². The van der Waals surface area contributed by atoms with E-state index in [4.69, 9.17) is 5.11 Å². The number of hydrogen-bond acceptors (Lipinski definition) is 4. The van der Waals surface area contributed by atoms with Crippen molar-refractivity contribution in [2.24, 2.45) is 0 Å². The molecule has 1 aromatic heterocycles. The molecule has 7 heteroatoms. The van der Waals surface area contributed by atoms with Gasteiger partial charge in [-0.25, -0.2) is 4.79 Å². The fourth-order valence-corrected chi connectivity index (χ4v) is 0.987. The number of furan rings is 1. The summed E-state index contributed by atoms with van der Waals surface area (Å²) in [5.41, 5.74) is -0.497. The number of methoxy groups -OCH3 is 1. The van der Waals surface area contributed by atoms with E-state index in [-0.39, 0.29) is 0 Å². The molecule has 1 heterocycles. The number of carbonyl (C=O) groups excluding carboxylic acids is 1. The highest BCUT2D eigenvalue weighted by Gasteiger charge is 2.39. The molecule has 0 aliphatic rings. The Labute approximate surface area is 82.3 Å². The Bertz CT molecular complexity index is 366. The zero-order valence-corrected chi connectivity index (χ0v) is 7.59. The number of ether oxygens (including phenoxy) is 1. The van der Waals surface area contributed by atoms with Gasteiger partial charge in [0.15, 0.2) is 0 Å². The van der Waals surface area contributed by atoms with E-state index in [1.165, 1.54) is 0 Å². The van der Waals surface area contributed by atoms with Gasteiger partial charge in [-0.2, -0.15) is 13.2 Å². The fourth-order valence-electron chi connectivity index (χ4n) is 0.987. The summed E-state index contributed by atoms with van der Waals surface area (Å²) in [4.78, 5) is 10.9. The van der Waals surface area contributed by atoms with Crippen LogP contribution in [0.5, 0.6) is 0 Å². The van der Waals surface area contributed by atoms with Gasteiger partial charge in [-0.15, -0.1) is 0 Å². The molecule has 0 bridgehead atoms. The van der Waals surface area contributed by atoms with Gasteiger partial charge in [0, 0.05) is 5.56 Å². The summed E-state index contributed by atoms with van der Waals surface area (Å²) < 4.78 is 45.2. The summed E-state index contributed by atoms with van der Waals surface area (Å²) in [6.45, 7) is -0.866. The van der Waals surface area contributed by atoms with Crippen molar-refractivity contribution in [2.75, 3.05) is 7.11 Å². The van der Waals surface area contributed by atoms with Crippen LogP contribution < -0.4 is 0 Å². The van der Waals surface area contributed by atoms with Crippen LogP contribution in [0.3, 0.4) is 0 Å². The maximum Gasteiger partial charge on any atom is 0.449 e. The highest BCUT2D eigenvalue weighted by atomic mass is 19.4. The van der Waals surface area contributed by atoms with E-state index in [1.807, 2.05) is 0 Å². The summed E-state index contributed by atoms with van der Waals surface area (Å²) in [5, 5.41) is 8.64. The Morgan fingerprint density at radius 3 is 2.53 bits per heavy atom. The molecule has 0 atom stereocenters.